The van der Waals surface area contributed by atoms with E-state index in [-0.39, 0.29) is 0 Å². The van der Waals surface area contributed by atoms with Crippen molar-refractivity contribution in [1.29, 1.82) is 0 Å². The summed E-state index contributed by atoms with van der Waals surface area (Å²) in [4.78, 5) is 31.4. The number of para-hydroxylation sites is 3. The molecular formula is C60H38N8. The molecule has 9 aromatic carbocycles. The molecule has 318 valence electrons. The summed E-state index contributed by atoms with van der Waals surface area (Å²) in [7, 11) is 0. The lowest BCUT2D eigenvalue weighted by Gasteiger charge is -2.16. The van der Waals surface area contributed by atoms with E-state index in [1.165, 1.54) is 0 Å². The molecule has 13 aromatic rings. The Labute approximate surface area is 391 Å². The standard InChI is InChI=1S/C60H38N8/c1-5-19-39(20-6-1)40-33-35-44(36-34-40)56-61-55(41-21-7-2-8-22-41)63-59(64-56)49-29-15-18-32-52(49)67-50-30-16-13-27-45(50)47-37-38-48-46-28-14-17-31-51(46)68(54(48)53(47)67)60-65-57(42-23-9-3-10-24-42)62-58(66-60)43-25-11-4-12-26-43/h1-38H. The summed E-state index contributed by atoms with van der Waals surface area (Å²) < 4.78 is 4.59. The molecule has 13 rings (SSSR count). The highest BCUT2D eigenvalue weighted by Gasteiger charge is 2.25. The zero-order valence-electron chi connectivity index (χ0n) is 36.5. The fourth-order valence-electron chi connectivity index (χ4n) is 9.50. The van der Waals surface area contributed by atoms with E-state index in [0.29, 0.717) is 35.1 Å². The van der Waals surface area contributed by atoms with E-state index in [1.807, 2.05) is 97.1 Å². The molecule has 8 nitrogen and oxygen atoms in total. The van der Waals surface area contributed by atoms with Gasteiger partial charge in [0.05, 0.1) is 27.8 Å². The molecule has 4 heterocycles. The molecular weight excluding hydrogens is 833 g/mol. The highest BCUT2D eigenvalue weighted by Crippen LogP contribution is 2.43. The Morgan fingerprint density at radius 2 is 0.588 bits per heavy atom. The summed E-state index contributed by atoms with van der Waals surface area (Å²) in [6.45, 7) is 0. The van der Waals surface area contributed by atoms with E-state index in [1.54, 1.807) is 0 Å². The number of fused-ring (bicyclic) bond motifs is 7. The van der Waals surface area contributed by atoms with Crippen molar-refractivity contribution < 1.29 is 0 Å². The molecule has 0 unspecified atom stereocenters. The maximum absolute atomic E-state index is 5.30. The van der Waals surface area contributed by atoms with Crippen LogP contribution in [0.15, 0.2) is 231 Å². The second-order valence-corrected chi connectivity index (χ2v) is 16.7. The van der Waals surface area contributed by atoms with Crippen LogP contribution in [0, 0.1) is 0 Å². The van der Waals surface area contributed by atoms with Gasteiger partial charge in [0.15, 0.2) is 29.1 Å². The van der Waals surface area contributed by atoms with Crippen molar-refractivity contribution in [2.75, 3.05) is 0 Å². The first-order valence-corrected chi connectivity index (χ1v) is 22.6. The van der Waals surface area contributed by atoms with Gasteiger partial charge in [0.1, 0.15) is 0 Å². The second-order valence-electron chi connectivity index (χ2n) is 16.7. The van der Waals surface area contributed by atoms with Crippen LogP contribution in [0.3, 0.4) is 0 Å². The molecule has 0 amide bonds. The Kier molecular flexibility index (Phi) is 9.31. The van der Waals surface area contributed by atoms with Gasteiger partial charge < -0.3 is 4.57 Å². The van der Waals surface area contributed by atoms with Gasteiger partial charge in [0.2, 0.25) is 5.95 Å². The average molecular weight is 871 g/mol. The van der Waals surface area contributed by atoms with Crippen LogP contribution in [0.25, 0.3) is 123 Å². The van der Waals surface area contributed by atoms with Gasteiger partial charge in [-0.05, 0) is 35.4 Å². The Balaban J connectivity index is 1.09. The molecule has 68 heavy (non-hydrogen) atoms. The summed E-state index contributed by atoms with van der Waals surface area (Å²) in [6, 6.07) is 79.2. The van der Waals surface area contributed by atoms with Crippen LogP contribution in [0.1, 0.15) is 0 Å². The summed E-state index contributed by atoms with van der Waals surface area (Å²) in [5, 5.41) is 4.37. The minimum absolute atomic E-state index is 0.523. The Morgan fingerprint density at radius 1 is 0.235 bits per heavy atom. The molecule has 0 atom stereocenters. The highest BCUT2D eigenvalue weighted by molar-refractivity contribution is 6.24. The monoisotopic (exact) mass is 870 g/mol. The third kappa shape index (κ3) is 6.62. The zero-order valence-corrected chi connectivity index (χ0v) is 36.5. The van der Waals surface area contributed by atoms with Gasteiger partial charge >= 0.3 is 0 Å². The van der Waals surface area contributed by atoms with Crippen molar-refractivity contribution >= 4 is 43.6 Å². The molecule has 0 saturated carbocycles. The van der Waals surface area contributed by atoms with Gasteiger partial charge in [-0.15, -0.1) is 0 Å². The average Bonchev–Trinajstić information content (AvgIpc) is 3.95. The predicted molar refractivity (Wildman–Crippen MR) is 275 cm³/mol. The molecule has 0 saturated heterocycles. The number of hydrogen-bond donors (Lipinski definition) is 0. The van der Waals surface area contributed by atoms with E-state index < -0.39 is 0 Å². The minimum atomic E-state index is 0.523. The summed E-state index contributed by atoms with van der Waals surface area (Å²) >= 11 is 0. The molecule has 0 aliphatic heterocycles. The van der Waals surface area contributed by atoms with Crippen LogP contribution in [-0.4, -0.2) is 39.0 Å². The summed E-state index contributed by atoms with van der Waals surface area (Å²) in [6.07, 6.45) is 0. The van der Waals surface area contributed by atoms with Crippen LogP contribution in [0.4, 0.5) is 0 Å². The van der Waals surface area contributed by atoms with Crippen molar-refractivity contribution in [3.63, 3.8) is 0 Å². The lowest BCUT2D eigenvalue weighted by molar-refractivity contribution is 0.953. The molecule has 0 fully saturated rings. The Bertz CT molecular complexity index is 3940. The normalized spacial score (nSPS) is 11.5. The molecule has 0 bridgehead atoms. The maximum atomic E-state index is 5.30. The number of benzene rings is 9. The third-order valence-corrected chi connectivity index (χ3v) is 12.7. The van der Waals surface area contributed by atoms with Crippen molar-refractivity contribution in [1.82, 2.24) is 39.0 Å². The van der Waals surface area contributed by atoms with E-state index >= 15 is 0 Å². The van der Waals surface area contributed by atoms with Gasteiger partial charge in [-0.1, -0.05) is 206 Å². The fourth-order valence-corrected chi connectivity index (χ4v) is 9.50. The number of nitrogens with zero attached hydrogens (tertiary/aromatic N) is 8. The number of hydrogen-bond acceptors (Lipinski definition) is 6. The van der Waals surface area contributed by atoms with Crippen molar-refractivity contribution in [2.45, 2.75) is 0 Å². The number of aromatic nitrogens is 8. The molecule has 0 N–H and O–H groups in total. The predicted octanol–water partition coefficient (Wildman–Crippen LogP) is 14.3. The third-order valence-electron chi connectivity index (χ3n) is 12.7. The van der Waals surface area contributed by atoms with E-state index in [4.69, 9.17) is 29.9 Å². The van der Waals surface area contributed by atoms with Crippen molar-refractivity contribution in [2.24, 2.45) is 0 Å². The highest BCUT2D eigenvalue weighted by atomic mass is 15.2. The van der Waals surface area contributed by atoms with Crippen LogP contribution < -0.4 is 0 Å². The van der Waals surface area contributed by atoms with Gasteiger partial charge in [0, 0.05) is 49.4 Å². The van der Waals surface area contributed by atoms with Crippen LogP contribution in [0.5, 0.6) is 0 Å². The topological polar surface area (TPSA) is 87.2 Å². The van der Waals surface area contributed by atoms with Crippen LogP contribution >= 0.6 is 0 Å². The minimum Gasteiger partial charge on any atom is -0.306 e. The first kappa shape index (κ1) is 39.0. The largest absolute Gasteiger partial charge is 0.306 e. The van der Waals surface area contributed by atoms with Gasteiger partial charge in [-0.3, -0.25) is 4.57 Å². The van der Waals surface area contributed by atoms with E-state index in [9.17, 15) is 0 Å². The Morgan fingerprint density at radius 3 is 1.12 bits per heavy atom. The molecule has 8 heteroatoms. The quantitative estimate of drug-likeness (QED) is 0.151. The van der Waals surface area contributed by atoms with E-state index in [2.05, 4.69) is 143 Å². The zero-order chi connectivity index (χ0) is 45.0. The Hall–Kier alpha value is -9.40. The number of rotatable bonds is 8. The van der Waals surface area contributed by atoms with Crippen molar-refractivity contribution in [3.8, 4) is 79.7 Å². The van der Waals surface area contributed by atoms with Gasteiger partial charge in [0.25, 0.3) is 0 Å². The summed E-state index contributed by atoms with van der Waals surface area (Å²) in [5.41, 5.74) is 11.7. The molecule has 0 aliphatic rings. The van der Waals surface area contributed by atoms with Gasteiger partial charge in [-0.2, -0.15) is 9.97 Å². The molecule has 0 radical (unpaired) electrons. The molecule has 0 spiro atoms. The lowest BCUT2D eigenvalue weighted by Crippen LogP contribution is -2.07. The van der Waals surface area contributed by atoms with Crippen LogP contribution in [-0.2, 0) is 0 Å². The lowest BCUT2D eigenvalue weighted by atomic mass is 10.0. The molecule has 0 aliphatic carbocycles. The smallest absolute Gasteiger partial charge is 0.238 e. The van der Waals surface area contributed by atoms with Crippen molar-refractivity contribution in [3.05, 3.63) is 231 Å². The first-order chi connectivity index (χ1) is 33.7. The van der Waals surface area contributed by atoms with E-state index in [0.717, 1.165) is 88.2 Å². The summed E-state index contributed by atoms with van der Waals surface area (Å²) in [5.74, 6) is 3.45. The van der Waals surface area contributed by atoms with Crippen LogP contribution in [0.2, 0.25) is 0 Å². The van der Waals surface area contributed by atoms with Gasteiger partial charge in [-0.25, -0.2) is 19.9 Å². The fraction of sp³-hybridized carbons (Fsp3) is 0. The molecule has 4 aromatic heterocycles. The first-order valence-electron chi connectivity index (χ1n) is 22.6. The maximum Gasteiger partial charge on any atom is 0.238 e. The SMILES string of the molecule is c1ccc(-c2ccc(-c3nc(-c4ccccc4)nc(-c4ccccc4-n4c5ccccc5c5ccc6c7ccccc7n(-c7nc(-c8ccccc8)nc(-c8ccccc8)n7)c6c54)n3)cc2)cc1. The second kappa shape index (κ2) is 16.2.